The normalized spacial score (nSPS) is 12.2. The molecule has 4 nitrogen and oxygen atoms in total. The van der Waals surface area contributed by atoms with Crippen LogP contribution in [0.1, 0.15) is 48.6 Å². The van der Waals surface area contributed by atoms with E-state index in [4.69, 9.17) is 14.5 Å². The molecular formula is C43H39BIrN2O2-2. The topological polar surface area (TPSA) is 44.2 Å². The van der Waals surface area contributed by atoms with Gasteiger partial charge in [0, 0.05) is 43.7 Å². The van der Waals surface area contributed by atoms with E-state index < -0.39 is 0 Å². The van der Waals surface area contributed by atoms with Gasteiger partial charge in [-0.25, -0.2) is 0 Å². The third kappa shape index (κ3) is 6.99. The summed E-state index contributed by atoms with van der Waals surface area (Å²) in [6, 6.07) is 35.6. The fourth-order valence-electron chi connectivity index (χ4n) is 6.43. The first-order valence-electron chi connectivity index (χ1n) is 16.6. The van der Waals surface area contributed by atoms with E-state index in [-0.39, 0.29) is 32.2 Å². The second-order valence-corrected chi connectivity index (χ2v) is 14.1. The number of hydrogen-bond acceptors (Lipinski definition) is 4. The van der Waals surface area contributed by atoms with Gasteiger partial charge in [0.15, 0.2) is 0 Å². The molecule has 0 bridgehead atoms. The van der Waals surface area contributed by atoms with Crippen LogP contribution in [0.4, 0.5) is 0 Å². The van der Waals surface area contributed by atoms with E-state index in [1.54, 1.807) is 0 Å². The van der Waals surface area contributed by atoms with E-state index in [2.05, 4.69) is 108 Å². The van der Waals surface area contributed by atoms with Crippen LogP contribution in [0.25, 0.3) is 22.5 Å². The van der Waals surface area contributed by atoms with Crippen molar-refractivity contribution < 1.29 is 29.6 Å². The number of para-hydroxylation sites is 1. The summed E-state index contributed by atoms with van der Waals surface area (Å²) in [7, 11) is 0. The van der Waals surface area contributed by atoms with Crippen molar-refractivity contribution in [3.63, 3.8) is 0 Å². The van der Waals surface area contributed by atoms with Crippen molar-refractivity contribution in [1.29, 1.82) is 0 Å². The minimum absolute atomic E-state index is 0. The molecule has 2 aliphatic rings. The number of ether oxygens (including phenoxy) is 2. The summed E-state index contributed by atoms with van der Waals surface area (Å²) >= 11 is 0. The number of benzene rings is 4. The Balaban J connectivity index is 0.000000220. The van der Waals surface area contributed by atoms with E-state index in [9.17, 15) is 0 Å². The molecule has 2 aromatic heterocycles. The Morgan fingerprint density at radius 2 is 1.41 bits per heavy atom. The molecule has 2 aliphatic heterocycles. The third-order valence-electron chi connectivity index (χ3n) is 9.08. The first-order valence-corrected chi connectivity index (χ1v) is 16.6. The minimum Gasteiger partial charge on any atom is -0.503 e. The van der Waals surface area contributed by atoms with Gasteiger partial charge in [0.05, 0.1) is 0 Å². The van der Waals surface area contributed by atoms with E-state index >= 15 is 0 Å². The van der Waals surface area contributed by atoms with Gasteiger partial charge in [-0.2, -0.15) is 0 Å². The molecule has 0 saturated carbocycles. The maximum absolute atomic E-state index is 6.54. The molecule has 0 unspecified atom stereocenters. The zero-order valence-corrected chi connectivity index (χ0v) is 31.5. The molecule has 49 heavy (non-hydrogen) atoms. The summed E-state index contributed by atoms with van der Waals surface area (Å²) in [5, 5.41) is 0. The van der Waals surface area contributed by atoms with Crippen molar-refractivity contribution in [3.05, 3.63) is 137 Å². The Kier molecular flexibility index (Phi) is 9.66. The van der Waals surface area contributed by atoms with Gasteiger partial charge >= 0.3 is 0 Å². The molecule has 0 spiro atoms. The molecule has 4 heterocycles. The van der Waals surface area contributed by atoms with E-state index in [1.165, 1.54) is 27.8 Å². The Morgan fingerprint density at radius 1 is 0.694 bits per heavy atom. The Morgan fingerprint density at radius 3 is 2.14 bits per heavy atom. The second-order valence-electron chi connectivity index (χ2n) is 14.1. The van der Waals surface area contributed by atoms with Gasteiger partial charge in [0.1, 0.15) is 17.2 Å². The number of fused-ring (bicyclic) bond motifs is 4. The molecule has 0 amide bonds. The molecule has 0 aliphatic carbocycles. The maximum Gasteiger partial charge on any atom is 0.241 e. The van der Waals surface area contributed by atoms with Gasteiger partial charge in [-0.05, 0) is 78.8 Å². The largest absolute Gasteiger partial charge is 0.503 e. The first kappa shape index (κ1) is 34.4. The molecule has 0 atom stereocenters. The molecule has 4 aromatic carbocycles. The Labute approximate surface area is 304 Å². The molecule has 6 heteroatoms. The quantitative estimate of drug-likeness (QED) is 0.132. The molecule has 6 aromatic rings. The van der Waals surface area contributed by atoms with Gasteiger partial charge in [-0.1, -0.05) is 80.8 Å². The van der Waals surface area contributed by atoms with Crippen LogP contribution in [-0.4, -0.2) is 16.7 Å². The summed E-state index contributed by atoms with van der Waals surface area (Å²) < 4.78 is 12.8. The van der Waals surface area contributed by atoms with Crippen molar-refractivity contribution in [2.75, 3.05) is 0 Å². The standard InChI is InChI=1S/C29H25BNO2.C14H14N.Ir/c1-18-17-31-23(15-19(18)16-29(2,3)4)20-9-7-11-22-28(20)33-26-14-8-13-25-27(26)30(22)21-10-5-6-12-24(21)32-25;1-10-4-6-13(7-5-10)14-8-11(2)12(3)9-15-14;/h5-8,10-15,17H,16H2,1-4H3;4-6,8-9H,1-3H3;/q2*-1;. The third-order valence-corrected chi connectivity index (χ3v) is 9.08. The molecular weight excluding hydrogens is 780 g/mol. The average Bonchev–Trinajstić information content (AvgIpc) is 3.07. The minimum atomic E-state index is 0. The summed E-state index contributed by atoms with van der Waals surface area (Å²) in [4.78, 5) is 9.20. The number of aromatic nitrogens is 2. The molecule has 0 N–H and O–H groups in total. The van der Waals surface area contributed by atoms with Crippen molar-refractivity contribution in [1.82, 2.24) is 9.97 Å². The number of nitrogens with zero attached hydrogens (tertiary/aromatic N) is 2. The van der Waals surface area contributed by atoms with Gasteiger partial charge in [0.2, 0.25) is 6.71 Å². The number of hydrogen-bond donors (Lipinski definition) is 0. The monoisotopic (exact) mass is 819 g/mol. The van der Waals surface area contributed by atoms with E-state index in [0.29, 0.717) is 0 Å². The zero-order valence-electron chi connectivity index (χ0n) is 29.1. The average molecular weight is 819 g/mol. The van der Waals surface area contributed by atoms with Gasteiger partial charge in [0.25, 0.3) is 0 Å². The van der Waals surface area contributed by atoms with Crippen LogP contribution < -0.4 is 25.9 Å². The smallest absolute Gasteiger partial charge is 0.241 e. The number of rotatable bonds is 3. The van der Waals surface area contributed by atoms with E-state index in [0.717, 1.165) is 68.3 Å². The second kappa shape index (κ2) is 13.8. The van der Waals surface area contributed by atoms with Crippen molar-refractivity contribution in [2.45, 2.75) is 54.9 Å². The summed E-state index contributed by atoms with van der Waals surface area (Å²) in [5.74, 6) is 3.43. The van der Waals surface area contributed by atoms with Crippen LogP contribution in [0, 0.1) is 45.2 Å². The number of pyridine rings is 2. The van der Waals surface area contributed by atoms with Crippen molar-refractivity contribution in [3.8, 4) is 45.5 Å². The van der Waals surface area contributed by atoms with E-state index in [1.807, 2.05) is 54.9 Å². The van der Waals surface area contributed by atoms with Crippen molar-refractivity contribution >= 4 is 23.1 Å². The van der Waals surface area contributed by atoms with Crippen LogP contribution in [0.3, 0.4) is 0 Å². The Bertz CT molecular complexity index is 2150. The van der Waals surface area contributed by atoms with Gasteiger partial charge in [-0.15, -0.1) is 59.1 Å². The summed E-state index contributed by atoms with van der Waals surface area (Å²) in [5.41, 5.74) is 13.7. The maximum atomic E-state index is 6.54. The first-order chi connectivity index (χ1) is 23.1. The Hall–Kier alpha value is -4.51. The molecule has 8 rings (SSSR count). The SMILES string of the molecule is Cc1c[c-]c(-c2cc(C)c(C)cn2)cc1.Cc1cnc(-c2[c-]ccc3c2Oc2cccc4c2B3c2ccccc2O4)cc1CC(C)(C)C.[Ir]. The van der Waals surface area contributed by atoms with Gasteiger partial charge in [-0.3, -0.25) is 0 Å². The predicted octanol–water partition coefficient (Wildman–Crippen LogP) is 8.64. The molecule has 0 fully saturated rings. The van der Waals surface area contributed by atoms with Crippen LogP contribution in [0.2, 0.25) is 0 Å². The van der Waals surface area contributed by atoms with Gasteiger partial charge < -0.3 is 19.4 Å². The predicted molar refractivity (Wildman–Crippen MR) is 197 cm³/mol. The molecule has 247 valence electrons. The van der Waals surface area contributed by atoms with Crippen LogP contribution in [0.15, 0.2) is 97.3 Å². The fraction of sp³-hybridized carbons (Fsp3) is 0.209. The number of aryl methyl sites for hydroxylation is 4. The van der Waals surface area contributed by atoms with Crippen LogP contribution in [0.5, 0.6) is 23.0 Å². The molecule has 0 saturated heterocycles. The zero-order chi connectivity index (χ0) is 33.6. The summed E-state index contributed by atoms with van der Waals surface area (Å²) in [6.07, 6.45) is 4.88. The van der Waals surface area contributed by atoms with Crippen molar-refractivity contribution in [2.24, 2.45) is 5.41 Å². The fourth-order valence-corrected chi connectivity index (χ4v) is 6.43. The molecule has 1 radical (unpaired) electrons. The summed E-state index contributed by atoms with van der Waals surface area (Å²) in [6.45, 7) is 15.2. The van der Waals surface area contributed by atoms with Crippen LogP contribution >= 0.6 is 0 Å². The van der Waals surface area contributed by atoms with Crippen LogP contribution in [-0.2, 0) is 26.5 Å².